The maximum Gasteiger partial charge on any atom is 0.133 e. The fourth-order valence-electron chi connectivity index (χ4n) is 9.86. The lowest BCUT2D eigenvalue weighted by Gasteiger charge is -2.58. The van der Waals surface area contributed by atoms with Gasteiger partial charge < -0.3 is 15.0 Å². The van der Waals surface area contributed by atoms with Crippen LogP contribution in [0.5, 0.6) is 0 Å². The van der Waals surface area contributed by atoms with Crippen LogP contribution in [0, 0.1) is 11.3 Å². The molecular formula is C36H44N4O2. The minimum atomic E-state index is -0.957. The molecule has 2 N–H and O–H groups in total. The number of carbonyl (C=O) groups is 1. The lowest BCUT2D eigenvalue weighted by molar-refractivity contribution is -0.120. The number of H-pyrrole nitrogens is 1. The number of pyridine rings is 1. The van der Waals surface area contributed by atoms with Gasteiger partial charge in [-0.2, -0.15) is 0 Å². The Morgan fingerprint density at radius 3 is 2.81 bits per heavy atom. The van der Waals surface area contributed by atoms with E-state index in [1.54, 1.807) is 0 Å². The van der Waals surface area contributed by atoms with Crippen LogP contribution in [0.4, 0.5) is 0 Å². The van der Waals surface area contributed by atoms with Crippen molar-refractivity contribution >= 4 is 33.2 Å². The van der Waals surface area contributed by atoms with E-state index < -0.39 is 5.60 Å². The third-order valence-corrected chi connectivity index (χ3v) is 11.5. The molecule has 1 spiro atoms. The highest BCUT2D eigenvalue weighted by molar-refractivity contribution is 6.09. The van der Waals surface area contributed by atoms with E-state index in [1.165, 1.54) is 29.2 Å². The van der Waals surface area contributed by atoms with Gasteiger partial charge in [0.15, 0.2) is 0 Å². The summed E-state index contributed by atoms with van der Waals surface area (Å²) in [5.74, 6) is 0.744. The number of hydrogen-bond donors (Lipinski definition) is 2. The molecule has 4 aliphatic heterocycles. The monoisotopic (exact) mass is 564 g/mol. The van der Waals surface area contributed by atoms with Gasteiger partial charge in [-0.15, -0.1) is 0 Å². The zero-order valence-electron chi connectivity index (χ0n) is 24.7. The van der Waals surface area contributed by atoms with Gasteiger partial charge in [-0.1, -0.05) is 30.4 Å². The molecule has 0 radical (unpaired) electrons. The van der Waals surface area contributed by atoms with E-state index >= 15 is 0 Å². The molecular weight excluding hydrogens is 520 g/mol. The number of Topliss-reactive ketones (excluding diaryl/α,β-unsaturated/α-hetero) is 1. The van der Waals surface area contributed by atoms with Gasteiger partial charge in [0.05, 0.1) is 16.8 Å². The van der Waals surface area contributed by atoms with Gasteiger partial charge in [0, 0.05) is 59.4 Å². The number of carbonyl (C=O) groups excluding carboxylic acids is 1. The molecule has 1 unspecified atom stereocenters. The molecule has 8 rings (SSSR count). The second-order valence-electron chi connectivity index (χ2n) is 13.9. The molecule has 3 bridgehead atoms. The SMILES string of the molecule is O=C1CCCN2[C@@H](CC1)C[C@]13CN4CCCC/C=C\CC[C@](O)(C=C(c5nccc6c5[nH]c5ccccc56)[C@@H]1CC4)[C@@H]23. The Bertz CT molecular complexity index is 1570. The number of aliphatic hydroxyl groups is 1. The molecule has 0 amide bonds. The number of allylic oxidation sites excluding steroid dienone is 3. The van der Waals surface area contributed by atoms with Crippen LogP contribution in [0.2, 0.25) is 0 Å². The standard InChI is InChI=1S/C36H44N4O2/c41-26-10-9-20-40-25(13-14-26)22-35-24-39-19-8-4-2-1-3-7-17-36(42,34(35)40)23-29(30(35)16-21-39)32-33-28(15-18-37-32)27-11-5-6-12-31(27)38-33/h1,3,5-6,11-12,15,18,23,25,30,34,38,42H,2,4,7-10,13-14,16-17,19-22,24H2/b3-1-/t25-,30-,34-,35-,36-/m0/s1. The summed E-state index contributed by atoms with van der Waals surface area (Å²) in [5, 5.41) is 15.5. The summed E-state index contributed by atoms with van der Waals surface area (Å²) in [5.41, 5.74) is 3.47. The maximum absolute atomic E-state index is 13.1. The first-order valence-electron chi connectivity index (χ1n) is 16.5. The summed E-state index contributed by atoms with van der Waals surface area (Å²) in [4.78, 5) is 26.8. The van der Waals surface area contributed by atoms with Crippen LogP contribution in [0.1, 0.15) is 76.3 Å². The van der Waals surface area contributed by atoms with Gasteiger partial charge >= 0.3 is 0 Å². The summed E-state index contributed by atoms with van der Waals surface area (Å²) < 4.78 is 0. The van der Waals surface area contributed by atoms with Crippen LogP contribution < -0.4 is 0 Å². The van der Waals surface area contributed by atoms with Gasteiger partial charge in [-0.3, -0.25) is 14.7 Å². The first-order valence-corrected chi connectivity index (χ1v) is 16.5. The molecule has 1 aliphatic carbocycles. The number of aromatic amines is 1. The summed E-state index contributed by atoms with van der Waals surface area (Å²) in [6, 6.07) is 11.1. The first kappa shape index (κ1) is 26.8. The Morgan fingerprint density at radius 2 is 1.86 bits per heavy atom. The maximum atomic E-state index is 13.1. The second kappa shape index (κ2) is 10.4. The number of piperidine rings is 1. The molecule has 0 saturated carbocycles. The van der Waals surface area contributed by atoms with Crippen LogP contribution in [0.15, 0.2) is 54.8 Å². The third-order valence-electron chi connectivity index (χ3n) is 11.5. The fraction of sp³-hybridized carbons (Fsp3) is 0.556. The normalized spacial score (nSPS) is 36.7. The van der Waals surface area contributed by atoms with Crippen LogP contribution in [0.3, 0.4) is 0 Å². The molecule has 6 nitrogen and oxygen atoms in total. The van der Waals surface area contributed by atoms with Gasteiger partial charge in [0.1, 0.15) is 5.78 Å². The molecule has 5 aliphatic rings. The lowest BCUT2D eigenvalue weighted by Crippen LogP contribution is -2.65. The molecule has 3 aromatic rings. The van der Waals surface area contributed by atoms with E-state index in [1.807, 2.05) is 6.20 Å². The van der Waals surface area contributed by atoms with E-state index in [-0.39, 0.29) is 11.5 Å². The van der Waals surface area contributed by atoms with Crippen molar-refractivity contribution in [1.29, 1.82) is 0 Å². The molecule has 2 aromatic heterocycles. The molecule has 3 saturated heterocycles. The Kier molecular flexibility index (Phi) is 6.65. The zero-order valence-corrected chi connectivity index (χ0v) is 24.7. The summed E-state index contributed by atoms with van der Waals surface area (Å²) in [7, 11) is 0. The van der Waals surface area contributed by atoms with Crippen molar-refractivity contribution < 1.29 is 9.90 Å². The molecule has 6 heteroatoms. The molecule has 42 heavy (non-hydrogen) atoms. The number of aromatic nitrogens is 2. The van der Waals surface area contributed by atoms with Crippen LogP contribution in [-0.2, 0) is 4.79 Å². The van der Waals surface area contributed by atoms with Gasteiger partial charge in [-0.25, -0.2) is 0 Å². The highest BCUT2D eigenvalue weighted by atomic mass is 16.3. The van der Waals surface area contributed by atoms with Crippen molar-refractivity contribution in [1.82, 2.24) is 19.8 Å². The van der Waals surface area contributed by atoms with Crippen LogP contribution in [0.25, 0.3) is 27.4 Å². The number of para-hydroxylation sites is 1. The number of hydrogen-bond acceptors (Lipinski definition) is 5. The Balaban J connectivity index is 1.33. The lowest BCUT2D eigenvalue weighted by atomic mass is 9.54. The minimum Gasteiger partial charge on any atom is -0.384 e. The summed E-state index contributed by atoms with van der Waals surface area (Å²) >= 11 is 0. The predicted molar refractivity (Wildman–Crippen MR) is 168 cm³/mol. The third kappa shape index (κ3) is 4.24. The largest absolute Gasteiger partial charge is 0.384 e. The molecule has 6 atom stereocenters. The highest BCUT2D eigenvalue weighted by Crippen LogP contribution is 2.62. The summed E-state index contributed by atoms with van der Waals surface area (Å²) in [6.45, 7) is 4.16. The van der Waals surface area contributed by atoms with Crippen LogP contribution >= 0.6 is 0 Å². The predicted octanol–water partition coefficient (Wildman–Crippen LogP) is 6.26. The Morgan fingerprint density at radius 1 is 0.952 bits per heavy atom. The number of rotatable bonds is 1. The van der Waals surface area contributed by atoms with E-state index in [9.17, 15) is 9.90 Å². The smallest absolute Gasteiger partial charge is 0.133 e. The average Bonchev–Trinajstić information content (AvgIpc) is 3.51. The molecule has 1 aromatic carbocycles. The van der Waals surface area contributed by atoms with Crippen molar-refractivity contribution in [3.05, 3.63) is 60.5 Å². The first-order chi connectivity index (χ1) is 20.6. The molecule has 3 fully saturated rings. The van der Waals surface area contributed by atoms with Crippen molar-refractivity contribution in [3.63, 3.8) is 0 Å². The molecule has 6 heterocycles. The second-order valence-corrected chi connectivity index (χ2v) is 13.9. The van der Waals surface area contributed by atoms with Gasteiger partial charge in [-0.05, 0) is 107 Å². The fourth-order valence-corrected chi connectivity index (χ4v) is 9.86. The van der Waals surface area contributed by atoms with Crippen molar-refractivity contribution in [3.8, 4) is 0 Å². The minimum absolute atomic E-state index is 0.0656. The Labute approximate surface area is 248 Å². The number of nitrogens with zero attached hydrogens (tertiary/aromatic N) is 3. The number of fused-ring (bicyclic) bond motifs is 5. The van der Waals surface area contributed by atoms with E-state index in [4.69, 9.17) is 4.98 Å². The van der Waals surface area contributed by atoms with E-state index in [0.717, 1.165) is 87.9 Å². The van der Waals surface area contributed by atoms with E-state index in [2.05, 4.69) is 63.3 Å². The van der Waals surface area contributed by atoms with Gasteiger partial charge in [0.25, 0.3) is 0 Å². The number of nitrogens with one attached hydrogen (secondary N) is 1. The highest BCUT2D eigenvalue weighted by Gasteiger charge is 2.66. The van der Waals surface area contributed by atoms with Crippen LogP contribution in [-0.4, -0.2) is 74.5 Å². The Hall–Kier alpha value is -2.80. The molecule has 220 valence electrons. The summed E-state index contributed by atoms with van der Waals surface area (Å²) in [6.07, 6.45) is 19.4. The van der Waals surface area contributed by atoms with Gasteiger partial charge in [0.2, 0.25) is 0 Å². The number of ketones is 1. The van der Waals surface area contributed by atoms with Crippen molar-refractivity contribution in [2.24, 2.45) is 11.3 Å². The van der Waals surface area contributed by atoms with E-state index in [0.29, 0.717) is 30.6 Å². The quantitative estimate of drug-likeness (QED) is 0.342. The number of benzene rings is 1. The van der Waals surface area contributed by atoms with Crippen molar-refractivity contribution in [2.75, 3.05) is 26.2 Å². The zero-order chi connectivity index (χ0) is 28.3. The average molecular weight is 565 g/mol. The topological polar surface area (TPSA) is 72.5 Å². The van der Waals surface area contributed by atoms with Crippen molar-refractivity contribution in [2.45, 2.75) is 88.3 Å².